The van der Waals surface area contributed by atoms with Gasteiger partial charge in [0.1, 0.15) is 10.8 Å². The molecule has 0 aliphatic carbocycles. The number of hydrogen-bond donors (Lipinski definition) is 1. The van der Waals surface area contributed by atoms with E-state index < -0.39 is 24.0 Å². The van der Waals surface area contributed by atoms with Gasteiger partial charge in [-0.05, 0) is 42.8 Å². The summed E-state index contributed by atoms with van der Waals surface area (Å²) in [6, 6.07) is 13.2. The van der Waals surface area contributed by atoms with E-state index >= 15 is 0 Å². The van der Waals surface area contributed by atoms with Crippen LogP contribution in [-0.4, -0.2) is 33.5 Å². The molecule has 1 heterocycles. The first-order valence-corrected chi connectivity index (χ1v) is 9.84. The van der Waals surface area contributed by atoms with Gasteiger partial charge in [0.05, 0.1) is 5.69 Å². The van der Waals surface area contributed by atoms with Gasteiger partial charge >= 0.3 is 12.3 Å². The van der Waals surface area contributed by atoms with Gasteiger partial charge < -0.3 is 9.84 Å². The van der Waals surface area contributed by atoms with E-state index in [1.165, 1.54) is 17.0 Å². The van der Waals surface area contributed by atoms with Crippen molar-refractivity contribution in [2.45, 2.75) is 25.6 Å². The fraction of sp³-hybridized carbons (Fsp3) is 0.200. The van der Waals surface area contributed by atoms with Gasteiger partial charge in [-0.25, -0.2) is 0 Å². The molecule has 0 fully saturated rings. The number of ether oxygens (including phenoxy) is 1. The zero-order valence-corrected chi connectivity index (χ0v) is 16.7. The van der Waals surface area contributed by atoms with Crippen LogP contribution in [0.4, 0.5) is 24.0 Å². The van der Waals surface area contributed by atoms with Crippen molar-refractivity contribution in [3.63, 3.8) is 0 Å². The van der Waals surface area contributed by atoms with Crippen LogP contribution >= 0.6 is 11.3 Å². The molecule has 0 radical (unpaired) electrons. The van der Waals surface area contributed by atoms with Crippen molar-refractivity contribution in [3.05, 3.63) is 65.2 Å². The molecule has 0 saturated heterocycles. The smallest absolute Gasteiger partial charge is 0.481 e. The Kier molecular flexibility index (Phi) is 6.85. The van der Waals surface area contributed by atoms with Crippen molar-refractivity contribution >= 4 is 34.0 Å². The number of hydrogen-bond acceptors (Lipinski definition) is 6. The molecule has 0 spiro atoms. The fourth-order valence-corrected chi connectivity index (χ4v) is 3.55. The zero-order valence-electron chi connectivity index (χ0n) is 15.9. The molecule has 1 N–H and O–H groups in total. The number of rotatable bonds is 8. The van der Waals surface area contributed by atoms with Crippen molar-refractivity contribution in [2.75, 3.05) is 4.90 Å². The second kappa shape index (κ2) is 9.56. The molecule has 3 aromatic rings. The predicted octanol–water partition coefficient (Wildman–Crippen LogP) is 4.82. The highest BCUT2D eigenvalue weighted by Gasteiger charge is 2.31. The Hall–Kier alpha value is -3.47. The van der Waals surface area contributed by atoms with Gasteiger partial charge in [-0.3, -0.25) is 14.5 Å². The molecule has 0 bridgehead atoms. The molecule has 3 rings (SSSR count). The molecule has 2 aromatic carbocycles. The lowest BCUT2D eigenvalue weighted by atomic mass is 10.2. The summed E-state index contributed by atoms with van der Waals surface area (Å²) >= 11 is 1.14. The number of aromatic nitrogens is 2. The molecule has 0 unspecified atom stereocenters. The van der Waals surface area contributed by atoms with Gasteiger partial charge in [-0.1, -0.05) is 29.5 Å². The van der Waals surface area contributed by atoms with Crippen LogP contribution in [0, 0.1) is 0 Å². The number of benzene rings is 2. The number of para-hydroxylation sites is 1. The van der Waals surface area contributed by atoms with E-state index in [1.807, 2.05) is 0 Å². The quantitative estimate of drug-likeness (QED) is 0.528. The number of aliphatic carboxylic acids is 1. The molecule has 0 atom stereocenters. The second-order valence-electron chi connectivity index (χ2n) is 6.27. The maximum absolute atomic E-state index is 13.2. The SMILES string of the molecule is O=C(O)CCCc1nnc(N(C(=O)c2ccc(OC(F)(F)F)cc2)c2ccccc2)s1. The number of alkyl halides is 3. The molecule has 1 aromatic heterocycles. The van der Waals surface area contributed by atoms with E-state index in [-0.39, 0.29) is 17.1 Å². The van der Waals surface area contributed by atoms with E-state index in [1.54, 1.807) is 30.3 Å². The molecular weight excluding hydrogens is 435 g/mol. The Morgan fingerprint density at radius 2 is 1.71 bits per heavy atom. The molecule has 0 aliphatic rings. The number of carbonyl (C=O) groups excluding carboxylic acids is 1. The van der Waals surface area contributed by atoms with Crippen LogP contribution in [0.5, 0.6) is 5.75 Å². The maximum Gasteiger partial charge on any atom is 0.573 e. The minimum absolute atomic E-state index is 0.0113. The number of halogens is 3. The standard InChI is InChI=1S/C20H16F3N3O4S/c21-20(22,23)30-15-11-9-13(10-12-15)18(29)26(14-5-2-1-3-6-14)19-25-24-16(31-19)7-4-8-17(27)28/h1-3,5-6,9-12H,4,7-8H2,(H,27,28). The van der Waals surface area contributed by atoms with Gasteiger partial charge in [0, 0.05) is 18.4 Å². The highest BCUT2D eigenvalue weighted by Crippen LogP contribution is 2.31. The number of carboxylic acid groups (broad SMARTS) is 1. The van der Waals surface area contributed by atoms with Crippen LogP contribution in [0.1, 0.15) is 28.2 Å². The Labute approximate surface area is 178 Å². The Morgan fingerprint density at radius 1 is 1.03 bits per heavy atom. The van der Waals surface area contributed by atoms with E-state index in [4.69, 9.17) is 5.11 Å². The lowest BCUT2D eigenvalue weighted by molar-refractivity contribution is -0.274. The third-order valence-corrected chi connectivity index (χ3v) is 4.95. The molecule has 0 aliphatic heterocycles. The van der Waals surface area contributed by atoms with Crippen LogP contribution in [0.3, 0.4) is 0 Å². The van der Waals surface area contributed by atoms with Gasteiger partial charge in [-0.2, -0.15) is 0 Å². The molecule has 1 amide bonds. The summed E-state index contributed by atoms with van der Waals surface area (Å²) in [5.41, 5.74) is 0.623. The van der Waals surface area contributed by atoms with Gasteiger partial charge in [0.2, 0.25) is 5.13 Å². The normalized spacial score (nSPS) is 11.2. The van der Waals surface area contributed by atoms with E-state index in [0.29, 0.717) is 23.5 Å². The Morgan fingerprint density at radius 3 is 2.32 bits per heavy atom. The number of anilines is 2. The van der Waals surface area contributed by atoms with Crippen LogP contribution in [0.2, 0.25) is 0 Å². The fourth-order valence-electron chi connectivity index (χ4n) is 2.65. The van der Waals surface area contributed by atoms with E-state index in [0.717, 1.165) is 23.5 Å². The molecule has 7 nitrogen and oxygen atoms in total. The van der Waals surface area contributed by atoms with Crippen molar-refractivity contribution in [2.24, 2.45) is 0 Å². The van der Waals surface area contributed by atoms with Crippen molar-refractivity contribution < 1.29 is 32.6 Å². The first-order chi connectivity index (χ1) is 14.7. The summed E-state index contributed by atoms with van der Waals surface area (Å²) in [6.45, 7) is 0. The van der Waals surface area contributed by atoms with Crippen LogP contribution in [-0.2, 0) is 11.2 Å². The number of carbonyl (C=O) groups is 2. The van der Waals surface area contributed by atoms with Gasteiger partial charge in [0.25, 0.3) is 5.91 Å². The second-order valence-corrected chi connectivity index (χ2v) is 7.31. The van der Waals surface area contributed by atoms with Crippen LogP contribution < -0.4 is 9.64 Å². The minimum Gasteiger partial charge on any atom is -0.481 e. The third kappa shape index (κ3) is 6.25. The monoisotopic (exact) mass is 451 g/mol. The lowest BCUT2D eigenvalue weighted by Gasteiger charge is -2.19. The third-order valence-electron chi connectivity index (χ3n) is 3.98. The van der Waals surface area contributed by atoms with Crippen molar-refractivity contribution in [1.29, 1.82) is 0 Å². The molecular formula is C20H16F3N3O4S. The molecule has 162 valence electrons. The summed E-state index contributed by atoms with van der Waals surface area (Å²) in [7, 11) is 0. The Balaban J connectivity index is 1.86. The zero-order chi connectivity index (χ0) is 22.4. The molecule has 11 heteroatoms. The summed E-state index contributed by atoms with van der Waals surface area (Å²) < 4.78 is 40.9. The van der Waals surface area contributed by atoms with Crippen molar-refractivity contribution in [1.82, 2.24) is 10.2 Å². The lowest BCUT2D eigenvalue weighted by Crippen LogP contribution is -2.26. The number of amides is 1. The average molecular weight is 451 g/mol. The number of nitrogens with zero attached hydrogens (tertiary/aromatic N) is 3. The Bertz CT molecular complexity index is 1040. The van der Waals surface area contributed by atoms with Crippen molar-refractivity contribution in [3.8, 4) is 5.75 Å². The highest BCUT2D eigenvalue weighted by atomic mass is 32.1. The first-order valence-electron chi connectivity index (χ1n) is 9.02. The molecule has 0 saturated carbocycles. The van der Waals surface area contributed by atoms with Gasteiger partial charge in [0.15, 0.2) is 0 Å². The highest BCUT2D eigenvalue weighted by molar-refractivity contribution is 7.15. The van der Waals surface area contributed by atoms with Crippen LogP contribution in [0.25, 0.3) is 0 Å². The molecule has 31 heavy (non-hydrogen) atoms. The maximum atomic E-state index is 13.2. The first kappa shape index (κ1) is 22.2. The summed E-state index contributed by atoms with van der Waals surface area (Å²) in [4.78, 5) is 25.2. The van der Waals surface area contributed by atoms with Gasteiger partial charge in [-0.15, -0.1) is 23.4 Å². The summed E-state index contributed by atoms with van der Waals surface area (Å²) in [5.74, 6) is -1.87. The topological polar surface area (TPSA) is 92.6 Å². The number of carboxylic acids is 1. The summed E-state index contributed by atoms with van der Waals surface area (Å²) in [6.07, 6.45) is -4.07. The average Bonchev–Trinajstić information content (AvgIpc) is 3.16. The number of aryl methyl sites for hydroxylation is 1. The van der Waals surface area contributed by atoms with Crippen LogP contribution in [0.15, 0.2) is 54.6 Å². The largest absolute Gasteiger partial charge is 0.573 e. The van der Waals surface area contributed by atoms with E-state index in [9.17, 15) is 22.8 Å². The minimum atomic E-state index is -4.83. The summed E-state index contributed by atoms with van der Waals surface area (Å²) in [5, 5.41) is 17.7. The predicted molar refractivity (Wildman–Crippen MR) is 107 cm³/mol. The van der Waals surface area contributed by atoms with E-state index in [2.05, 4.69) is 14.9 Å².